The number of hydrogen-bond acceptors (Lipinski definition) is 4. The molecule has 9 aromatic carbocycles. The molecule has 0 aliphatic carbocycles. The molecule has 0 atom stereocenters. The predicted molar refractivity (Wildman–Crippen MR) is 332 cm³/mol. The molecule has 0 spiro atoms. The van der Waals surface area contributed by atoms with Crippen LogP contribution in [-0.2, 0) is 21.7 Å². The van der Waals surface area contributed by atoms with Crippen molar-refractivity contribution in [2.24, 2.45) is 0 Å². The molecule has 0 fully saturated rings. The lowest BCUT2D eigenvalue weighted by Crippen LogP contribution is -2.61. The molecule has 0 saturated heterocycles. The summed E-state index contributed by atoms with van der Waals surface area (Å²) in [7, 11) is 0. The minimum Gasteiger partial charge on any atom is -0.455 e. The number of anilines is 9. The van der Waals surface area contributed by atoms with Crippen molar-refractivity contribution in [3.05, 3.63) is 216 Å². The molecule has 10 aromatic rings. The summed E-state index contributed by atoms with van der Waals surface area (Å²) < 4.78 is 6.55. The van der Waals surface area contributed by atoms with Crippen LogP contribution in [0.25, 0.3) is 33.1 Å². The summed E-state index contributed by atoms with van der Waals surface area (Å²) in [6.45, 7) is 30.0. The van der Waals surface area contributed by atoms with Crippen LogP contribution in [0.2, 0.25) is 0 Å². The van der Waals surface area contributed by atoms with Crippen LogP contribution in [0, 0.1) is 6.92 Å². The molecular weight excluding hydrogens is 934 g/mol. The van der Waals surface area contributed by atoms with E-state index >= 15 is 0 Å². The molecule has 12 rings (SSSR count). The number of benzene rings is 9. The van der Waals surface area contributed by atoms with Crippen molar-refractivity contribution >= 4 is 96.2 Å². The van der Waals surface area contributed by atoms with E-state index in [4.69, 9.17) is 4.42 Å². The number of fused-ring (bicyclic) bond motifs is 7. The van der Waals surface area contributed by atoms with E-state index in [1.165, 1.54) is 67.0 Å². The Balaban J connectivity index is 1.07. The first-order chi connectivity index (χ1) is 36.7. The quantitative estimate of drug-likeness (QED) is 0.142. The second-order valence-corrected chi connectivity index (χ2v) is 25.6. The molecule has 3 heterocycles. The van der Waals surface area contributed by atoms with Gasteiger partial charge in [-0.05, 0) is 170 Å². The van der Waals surface area contributed by atoms with Gasteiger partial charge in [0.25, 0.3) is 6.71 Å². The van der Waals surface area contributed by atoms with Gasteiger partial charge in [-0.1, -0.05) is 186 Å². The smallest absolute Gasteiger partial charge is 0.252 e. The SMILES string of the molecule is CCC(C)(C)c1ccc(N(c2ccc(C(C)(C)C)cc2)c2ccc3c(c2)N(c2ccc(C(C)(C)C)cc2)c2cc(C)cc4c2B3c2cc(C(C)(C)C)ccc2N4c2ccc(-c3cccc4c3oc3ccccc34)cc2)cc1. The minimum absolute atomic E-state index is 0.00707. The van der Waals surface area contributed by atoms with Crippen molar-refractivity contribution in [2.45, 2.75) is 118 Å². The Hall–Kier alpha value is -7.76. The molecule has 0 bridgehead atoms. The van der Waals surface area contributed by atoms with Gasteiger partial charge in [-0.2, -0.15) is 0 Å². The molecule has 1 aromatic heterocycles. The Bertz CT molecular complexity index is 3880. The summed E-state index contributed by atoms with van der Waals surface area (Å²) in [5.74, 6) is 0. The third-order valence-corrected chi connectivity index (χ3v) is 16.9. The molecule has 2 aliphatic heterocycles. The lowest BCUT2D eigenvalue weighted by molar-refractivity contribution is 0.506. The molecule has 5 heteroatoms. The number of hydrogen-bond donors (Lipinski definition) is 0. The molecule has 0 radical (unpaired) electrons. The first kappa shape index (κ1) is 50.1. The fourth-order valence-corrected chi connectivity index (χ4v) is 12.0. The topological polar surface area (TPSA) is 22.9 Å². The average molecular weight is 1010 g/mol. The van der Waals surface area contributed by atoms with Crippen LogP contribution in [0.1, 0.15) is 117 Å². The Morgan fingerprint density at radius 3 is 1.56 bits per heavy atom. The van der Waals surface area contributed by atoms with E-state index in [1.54, 1.807) is 0 Å². The number of nitrogens with zero attached hydrogens (tertiary/aromatic N) is 3. The van der Waals surface area contributed by atoms with Gasteiger partial charge in [-0.3, -0.25) is 0 Å². The maximum Gasteiger partial charge on any atom is 0.252 e. The van der Waals surface area contributed by atoms with Crippen LogP contribution in [-0.4, -0.2) is 6.71 Å². The lowest BCUT2D eigenvalue weighted by atomic mass is 9.33. The van der Waals surface area contributed by atoms with Gasteiger partial charge in [0, 0.05) is 67.5 Å². The van der Waals surface area contributed by atoms with Crippen LogP contribution in [0.4, 0.5) is 51.2 Å². The highest BCUT2D eigenvalue weighted by molar-refractivity contribution is 7.00. The third-order valence-electron chi connectivity index (χ3n) is 16.9. The van der Waals surface area contributed by atoms with Gasteiger partial charge in [0.1, 0.15) is 11.2 Å². The zero-order valence-corrected chi connectivity index (χ0v) is 47.4. The van der Waals surface area contributed by atoms with E-state index in [0.29, 0.717) is 0 Å². The van der Waals surface area contributed by atoms with Gasteiger partial charge in [-0.15, -0.1) is 0 Å². The summed E-state index contributed by atoms with van der Waals surface area (Å²) in [6.07, 6.45) is 1.07. The first-order valence-corrected chi connectivity index (χ1v) is 27.8. The Morgan fingerprint density at radius 1 is 0.442 bits per heavy atom. The predicted octanol–water partition coefficient (Wildman–Crippen LogP) is 18.7. The van der Waals surface area contributed by atoms with Gasteiger partial charge in [0.2, 0.25) is 0 Å². The summed E-state index contributed by atoms with van der Waals surface area (Å²) in [5, 5.41) is 2.28. The van der Waals surface area contributed by atoms with Gasteiger partial charge in [-0.25, -0.2) is 0 Å². The molecule has 384 valence electrons. The Morgan fingerprint density at radius 2 is 0.961 bits per heavy atom. The van der Waals surface area contributed by atoms with Crippen LogP contribution in [0.3, 0.4) is 0 Å². The molecule has 0 saturated carbocycles. The van der Waals surface area contributed by atoms with Crippen LogP contribution in [0.15, 0.2) is 192 Å². The highest BCUT2D eigenvalue weighted by Crippen LogP contribution is 2.48. The molecule has 77 heavy (non-hydrogen) atoms. The van der Waals surface area contributed by atoms with Gasteiger partial charge in [0.05, 0.1) is 0 Å². The van der Waals surface area contributed by atoms with Crippen molar-refractivity contribution < 1.29 is 4.42 Å². The maximum atomic E-state index is 6.55. The van der Waals surface area contributed by atoms with Gasteiger partial charge in [0.15, 0.2) is 0 Å². The second kappa shape index (κ2) is 18.2. The average Bonchev–Trinajstić information content (AvgIpc) is 3.87. The highest BCUT2D eigenvalue weighted by atomic mass is 16.3. The van der Waals surface area contributed by atoms with E-state index in [2.05, 4.69) is 287 Å². The summed E-state index contributed by atoms with van der Waals surface area (Å²) >= 11 is 0. The second-order valence-electron chi connectivity index (χ2n) is 25.6. The number of rotatable bonds is 8. The van der Waals surface area contributed by atoms with E-state index in [0.717, 1.165) is 67.9 Å². The number of furan rings is 1. The lowest BCUT2D eigenvalue weighted by Gasteiger charge is -2.45. The van der Waals surface area contributed by atoms with E-state index in [9.17, 15) is 0 Å². The maximum absolute atomic E-state index is 6.55. The molecule has 4 nitrogen and oxygen atoms in total. The minimum atomic E-state index is -0.0668. The van der Waals surface area contributed by atoms with E-state index < -0.39 is 0 Å². The van der Waals surface area contributed by atoms with Crippen LogP contribution >= 0.6 is 0 Å². The van der Waals surface area contributed by atoms with Crippen molar-refractivity contribution in [3.63, 3.8) is 0 Å². The van der Waals surface area contributed by atoms with Crippen molar-refractivity contribution in [1.29, 1.82) is 0 Å². The standard InChI is InChI=1S/C72H72BN3O/c1-14-72(12,13)50-28-37-53(38-29-50)74(52-33-24-48(25-34-52)69(3,4)5)56-39-40-60-63(45-56)76(55-35-26-49(27-36-55)70(6,7)8)65-43-46(2)42-64-67(65)73(60)61-44-51(71(9,10)11)30-41-62(61)75(64)54-31-22-47(23-32-54)57-19-17-20-59-58-18-15-16-21-66(58)77-68(57)59/h15-45H,14H2,1-13H3. The largest absolute Gasteiger partial charge is 0.455 e. The molecule has 0 unspecified atom stereocenters. The van der Waals surface area contributed by atoms with Crippen LogP contribution in [0.5, 0.6) is 0 Å². The summed E-state index contributed by atoms with van der Waals surface area (Å²) in [6, 6.07) is 71.3. The Kier molecular flexibility index (Phi) is 11.8. The Labute approximate surface area is 458 Å². The molecular formula is C72H72BN3O. The molecule has 0 N–H and O–H groups in total. The monoisotopic (exact) mass is 1010 g/mol. The van der Waals surface area contributed by atoms with Gasteiger partial charge < -0.3 is 19.1 Å². The van der Waals surface area contributed by atoms with Crippen LogP contribution < -0.4 is 31.1 Å². The summed E-state index contributed by atoms with van der Waals surface area (Å²) in [4.78, 5) is 7.55. The van der Waals surface area contributed by atoms with E-state index in [-0.39, 0.29) is 28.4 Å². The van der Waals surface area contributed by atoms with Gasteiger partial charge >= 0.3 is 0 Å². The van der Waals surface area contributed by atoms with Crippen molar-refractivity contribution in [3.8, 4) is 11.1 Å². The zero-order chi connectivity index (χ0) is 53.9. The summed E-state index contributed by atoms with van der Waals surface area (Å²) in [5.41, 5.74) is 24.9. The zero-order valence-electron chi connectivity index (χ0n) is 47.4. The van der Waals surface area contributed by atoms with Crippen molar-refractivity contribution in [2.75, 3.05) is 14.7 Å². The third kappa shape index (κ3) is 8.63. The fraction of sp³-hybridized carbons (Fsp3) is 0.250. The molecule has 0 amide bonds. The van der Waals surface area contributed by atoms with Crippen molar-refractivity contribution in [1.82, 2.24) is 0 Å². The normalized spacial score (nSPS) is 13.5. The number of para-hydroxylation sites is 2. The highest BCUT2D eigenvalue weighted by Gasteiger charge is 2.44. The van der Waals surface area contributed by atoms with E-state index in [1.807, 2.05) is 6.07 Å². The molecule has 2 aliphatic rings. The first-order valence-electron chi connectivity index (χ1n) is 27.8. The number of aryl methyl sites for hydroxylation is 1. The fourth-order valence-electron chi connectivity index (χ4n) is 12.0.